The quantitative estimate of drug-likeness (QED) is 0.161. The molecular formula is C28H55BN2O3. The van der Waals surface area contributed by atoms with E-state index >= 15 is 0 Å². The molecule has 4 N–H and O–H groups in total. The topological polar surface area (TPSA) is 81.6 Å². The summed E-state index contributed by atoms with van der Waals surface area (Å²) in [6.45, 7) is 36.8. The van der Waals surface area contributed by atoms with Crippen molar-refractivity contribution in [2.45, 2.75) is 82.1 Å². The van der Waals surface area contributed by atoms with Gasteiger partial charge in [0.1, 0.15) is 0 Å². The smallest absolute Gasteiger partial charge is 0.423 e. The Kier molecular flexibility index (Phi) is 26.5. The average molecular weight is 479 g/mol. The van der Waals surface area contributed by atoms with Crippen molar-refractivity contribution in [3.05, 3.63) is 61.8 Å². The van der Waals surface area contributed by atoms with Crippen LogP contribution in [0.4, 0.5) is 0 Å². The first kappa shape index (κ1) is 39.3. The summed E-state index contributed by atoms with van der Waals surface area (Å²) < 4.78 is 0. The lowest BCUT2D eigenvalue weighted by molar-refractivity contribution is -0.120. The van der Waals surface area contributed by atoms with Gasteiger partial charge in [-0.05, 0) is 41.3 Å². The highest BCUT2D eigenvalue weighted by molar-refractivity contribution is 6.51. The summed E-state index contributed by atoms with van der Waals surface area (Å²) in [6.07, 6.45) is 7.42. The highest BCUT2D eigenvalue weighted by atomic mass is 16.4. The molecule has 0 aromatic heterocycles. The minimum absolute atomic E-state index is 0.169. The van der Waals surface area contributed by atoms with Crippen LogP contribution in [0.2, 0.25) is 0 Å². The van der Waals surface area contributed by atoms with Crippen molar-refractivity contribution < 1.29 is 14.8 Å². The molecule has 1 amide bonds. The van der Waals surface area contributed by atoms with E-state index in [1.54, 1.807) is 12.2 Å². The van der Waals surface area contributed by atoms with Gasteiger partial charge in [0.2, 0.25) is 5.91 Å². The molecule has 5 nitrogen and oxygen atoms in total. The maximum atomic E-state index is 12.0. The minimum Gasteiger partial charge on any atom is -0.423 e. The van der Waals surface area contributed by atoms with Crippen molar-refractivity contribution in [2.24, 2.45) is 16.7 Å². The second-order valence-electron chi connectivity index (χ2n) is 9.55. The van der Waals surface area contributed by atoms with Crippen LogP contribution in [0.5, 0.6) is 0 Å². The van der Waals surface area contributed by atoms with Crippen LogP contribution < -0.4 is 10.6 Å². The second kappa shape index (κ2) is 22.9. The molecule has 0 rings (SSSR count). The van der Waals surface area contributed by atoms with E-state index in [0.717, 1.165) is 13.0 Å². The van der Waals surface area contributed by atoms with Gasteiger partial charge in [-0.1, -0.05) is 114 Å². The van der Waals surface area contributed by atoms with Gasteiger partial charge >= 0.3 is 7.12 Å². The SMILES string of the molecule is C=C/C(=C\C(=C)NC(=O)CCNCC(CC(C)(C)C)C(C)(C)C)B(O)O.C=CC=C.CC.CC. The molecule has 0 bridgehead atoms. The number of hydrogen-bond acceptors (Lipinski definition) is 4. The lowest BCUT2D eigenvalue weighted by Gasteiger charge is -2.36. The van der Waals surface area contributed by atoms with Gasteiger partial charge in [0.25, 0.3) is 0 Å². The standard InChI is InChI=1S/C20H37BN2O3.C4H6.2C2H6/c1-9-17(21(25)26)12-15(2)23-18(24)10-11-22-14-16(20(6,7)8)13-19(3,4)5;1-3-4-2;2*1-2/h9,12,16,22,25-26H,1-2,10-11,13-14H2,3-8H3,(H,23,24);3-4H,1-2H2;2*1-2H3/b17-12+;;;. The first-order valence-electron chi connectivity index (χ1n) is 12.3. The van der Waals surface area contributed by atoms with E-state index in [4.69, 9.17) is 10.0 Å². The van der Waals surface area contributed by atoms with Gasteiger partial charge in [-0.2, -0.15) is 0 Å². The van der Waals surface area contributed by atoms with Crippen molar-refractivity contribution in [3.63, 3.8) is 0 Å². The van der Waals surface area contributed by atoms with Crippen molar-refractivity contribution in [1.29, 1.82) is 0 Å². The number of carbonyl (C=O) groups is 1. The molecule has 1 unspecified atom stereocenters. The van der Waals surface area contributed by atoms with Crippen molar-refractivity contribution in [1.82, 2.24) is 10.6 Å². The number of rotatable bonds is 11. The lowest BCUT2D eigenvalue weighted by Crippen LogP contribution is -2.36. The fourth-order valence-corrected chi connectivity index (χ4v) is 2.62. The zero-order valence-corrected chi connectivity index (χ0v) is 23.9. The first-order valence-corrected chi connectivity index (χ1v) is 12.3. The van der Waals surface area contributed by atoms with Crippen LogP contribution in [0.15, 0.2) is 61.8 Å². The Morgan fingerprint density at radius 3 is 1.76 bits per heavy atom. The molecule has 1 atom stereocenters. The van der Waals surface area contributed by atoms with E-state index in [2.05, 4.69) is 78.5 Å². The maximum absolute atomic E-state index is 12.0. The highest BCUT2D eigenvalue weighted by Crippen LogP contribution is 2.35. The van der Waals surface area contributed by atoms with Crippen LogP contribution in [0.1, 0.15) is 82.1 Å². The molecule has 0 aromatic carbocycles. The third kappa shape index (κ3) is 26.4. The molecule has 6 heteroatoms. The van der Waals surface area contributed by atoms with Crippen LogP contribution in [-0.2, 0) is 4.79 Å². The molecule has 34 heavy (non-hydrogen) atoms. The largest absolute Gasteiger partial charge is 0.488 e. The molecule has 0 fully saturated rings. The molecule has 198 valence electrons. The number of amides is 1. The molecule has 0 aliphatic rings. The summed E-state index contributed by atoms with van der Waals surface area (Å²) in [4.78, 5) is 12.0. The summed E-state index contributed by atoms with van der Waals surface area (Å²) in [5, 5.41) is 24.3. The average Bonchev–Trinajstić information content (AvgIpc) is 2.75. The van der Waals surface area contributed by atoms with Gasteiger partial charge in [0.15, 0.2) is 0 Å². The highest BCUT2D eigenvalue weighted by Gasteiger charge is 2.28. The van der Waals surface area contributed by atoms with E-state index in [1.807, 2.05) is 27.7 Å². The van der Waals surface area contributed by atoms with E-state index in [9.17, 15) is 4.79 Å². The lowest BCUT2D eigenvalue weighted by atomic mass is 9.72. The van der Waals surface area contributed by atoms with Crippen LogP contribution in [-0.4, -0.2) is 36.2 Å². The summed E-state index contributed by atoms with van der Waals surface area (Å²) in [5.41, 5.74) is 0.955. The van der Waals surface area contributed by atoms with Crippen LogP contribution in [0.3, 0.4) is 0 Å². The summed E-state index contributed by atoms with van der Waals surface area (Å²) in [7, 11) is -1.64. The van der Waals surface area contributed by atoms with Crippen molar-refractivity contribution in [3.8, 4) is 0 Å². The fraction of sp³-hybridized carbons (Fsp3) is 0.607. The van der Waals surface area contributed by atoms with Crippen LogP contribution >= 0.6 is 0 Å². The predicted molar refractivity (Wildman–Crippen MR) is 153 cm³/mol. The summed E-state index contributed by atoms with van der Waals surface area (Å²) >= 11 is 0. The Balaban J connectivity index is -0.000000493. The molecule has 0 aliphatic heterocycles. The molecule has 0 saturated heterocycles. The Morgan fingerprint density at radius 2 is 1.44 bits per heavy atom. The van der Waals surface area contributed by atoms with Crippen LogP contribution in [0.25, 0.3) is 0 Å². The molecular weight excluding hydrogens is 423 g/mol. The van der Waals surface area contributed by atoms with Gasteiger partial charge in [-0.15, -0.1) is 0 Å². The first-order chi connectivity index (χ1) is 15.7. The molecule has 0 aromatic rings. The van der Waals surface area contributed by atoms with E-state index in [1.165, 1.54) is 12.2 Å². The van der Waals surface area contributed by atoms with Crippen molar-refractivity contribution >= 4 is 13.0 Å². The van der Waals surface area contributed by atoms with E-state index in [0.29, 0.717) is 24.6 Å². The number of carbonyl (C=O) groups excluding carboxylic acids is 1. The Morgan fingerprint density at radius 1 is 0.971 bits per heavy atom. The van der Waals surface area contributed by atoms with E-state index < -0.39 is 7.12 Å². The summed E-state index contributed by atoms with van der Waals surface area (Å²) in [6, 6.07) is 0. The summed E-state index contributed by atoms with van der Waals surface area (Å²) in [5.74, 6) is 0.349. The number of nitrogens with one attached hydrogen (secondary N) is 2. The van der Waals surface area contributed by atoms with Gasteiger partial charge < -0.3 is 20.7 Å². The second-order valence-corrected chi connectivity index (χ2v) is 9.55. The van der Waals surface area contributed by atoms with Crippen molar-refractivity contribution in [2.75, 3.05) is 13.1 Å². The zero-order valence-electron chi connectivity index (χ0n) is 23.9. The maximum Gasteiger partial charge on any atom is 0.488 e. The van der Waals surface area contributed by atoms with Gasteiger partial charge in [-0.3, -0.25) is 4.79 Å². The zero-order chi connectivity index (χ0) is 28.0. The predicted octanol–water partition coefficient (Wildman–Crippen LogP) is 6.23. The molecule has 0 saturated carbocycles. The fourth-order valence-electron chi connectivity index (χ4n) is 2.62. The van der Waals surface area contributed by atoms with Gasteiger partial charge in [0, 0.05) is 18.7 Å². The third-order valence-corrected chi connectivity index (χ3v) is 4.34. The Bertz CT molecular complexity index is 592. The molecule has 0 radical (unpaired) electrons. The molecule has 0 heterocycles. The normalized spacial score (nSPS) is 11.6. The Labute approximate surface area is 212 Å². The Hall–Kier alpha value is -1.89. The van der Waals surface area contributed by atoms with E-state index in [-0.39, 0.29) is 22.2 Å². The molecule has 0 aliphatic carbocycles. The monoisotopic (exact) mass is 478 g/mol. The minimum atomic E-state index is -1.64. The molecule has 0 spiro atoms. The third-order valence-electron chi connectivity index (χ3n) is 4.34. The van der Waals surface area contributed by atoms with Crippen LogP contribution in [0, 0.1) is 16.7 Å². The number of allylic oxidation sites excluding steroid dienone is 5. The number of hydrogen-bond donors (Lipinski definition) is 4. The van der Waals surface area contributed by atoms with Gasteiger partial charge in [0.05, 0.1) is 0 Å². The van der Waals surface area contributed by atoms with Gasteiger partial charge in [-0.25, -0.2) is 0 Å².